The number of carbonyl (C=O) groups excluding carboxylic acids is 4. The van der Waals surface area contributed by atoms with Gasteiger partial charge >= 0.3 is 0 Å². The average molecular weight is 685 g/mol. The number of carbonyl (C=O) groups is 4. The van der Waals surface area contributed by atoms with Crippen LogP contribution in [-0.4, -0.2) is 80.6 Å². The molecule has 0 saturated carbocycles. The molecule has 14 heteroatoms. The molecule has 1 atom stereocenters. The molecule has 4 aromatic rings. The topological polar surface area (TPSA) is 147 Å². The van der Waals surface area contributed by atoms with E-state index in [-0.39, 0.29) is 34.9 Å². The van der Waals surface area contributed by atoms with E-state index in [1.165, 1.54) is 35.4 Å². The summed E-state index contributed by atoms with van der Waals surface area (Å²) in [5, 5.41) is 10.8. The molecule has 4 heterocycles. The number of aromatic nitrogens is 3. The van der Waals surface area contributed by atoms with Crippen LogP contribution < -0.4 is 16.0 Å². The van der Waals surface area contributed by atoms with Crippen molar-refractivity contribution >= 4 is 46.6 Å². The number of halogens is 2. The molecule has 3 aliphatic heterocycles. The molecule has 4 amide bonds. The third kappa shape index (κ3) is 6.21. The van der Waals surface area contributed by atoms with Gasteiger partial charge in [-0.1, -0.05) is 35.0 Å². The molecule has 0 spiro atoms. The molecule has 0 radical (unpaired) electrons. The molecular formula is C35H34ClFN8O4. The first-order chi connectivity index (χ1) is 23.7. The molecule has 1 unspecified atom stereocenters. The van der Waals surface area contributed by atoms with Crippen LogP contribution in [0, 0.1) is 5.82 Å². The highest BCUT2D eigenvalue weighted by molar-refractivity contribution is 6.30. The minimum Gasteiger partial charge on any atom is -0.371 e. The van der Waals surface area contributed by atoms with Crippen LogP contribution in [0.25, 0.3) is 5.69 Å². The highest BCUT2D eigenvalue weighted by Gasteiger charge is 2.39. The predicted octanol–water partition coefficient (Wildman–Crippen LogP) is 4.13. The Kier molecular flexibility index (Phi) is 8.76. The lowest BCUT2D eigenvalue weighted by molar-refractivity contribution is -0.130. The molecule has 7 rings (SSSR count). The van der Waals surface area contributed by atoms with Gasteiger partial charge in [-0.15, -0.1) is 5.10 Å². The van der Waals surface area contributed by atoms with Gasteiger partial charge in [-0.2, -0.15) is 0 Å². The highest BCUT2D eigenvalue weighted by atomic mass is 35.5. The Bertz CT molecular complexity index is 1940. The van der Waals surface area contributed by atoms with Crippen molar-refractivity contribution in [2.45, 2.75) is 44.2 Å². The number of hydrogen-bond acceptors (Lipinski definition) is 7. The Morgan fingerprint density at radius 1 is 0.918 bits per heavy atom. The van der Waals surface area contributed by atoms with Gasteiger partial charge in [-0.3, -0.25) is 19.2 Å². The summed E-state index contributed by atoms with van der Waals surface area (Å²) in [6, 6.07) is 15.6. The summed E-state index contributed by atoms with van der Waals surface area (Å²) in [7, 11) is 0. The number of fused-ring (bicyclic) bond motifs is 1. The second-order valence-electron chi connectivity index (χ2n) is 12.5. The van der Waals surface area contributed by atoms with Crippen LogP contribution in [0.1, 0.15) is 63.7 Å². The Morgan fingerprint density at radius 3 is 2.37 bits per heavy atom. The molecular weight excluding hydrogens is 651 g/mol. The monoisotopic (exact) mass is 684 g/mol. The maximum Gasteiger partial charge on any atom is 0.277 e. The van der Waals surface area contributed by atoms with Gasteiger partial charge in [0.25, 0.3) is 11.8 Å². The van der Waals surface area contributed by atoms with Gasteiger partial charge in [0.2, 0.25) is 11.8 Å². The summed E-state index contributed by atoms with van der Waals surface area (Å²) in [5.41, 5.74) is 8.70. The molecule has 12 nitrogen and oxygen atoms in total. The van der Waals surface area contributed by atoms with Gasteiger partial charge in [0.05, 0.1) is 11.2 Å². The van der Waals surface area contributed by atoms with Gasteiger partial charge < -0.3 is 25.8 Å². The van der Waals surface area contributed by atoms with E-state index < -0.39 is 29.6 Å². The number of amides is 4. The van der Waals surface area contributed by atoms with E-state index in [1.54, 1.807) is 18.2 Å². The number of nitrogens with zero attached hydrogens (tertiary/aromatic N) is 6. The number of rotatable bonds is 7. The second kappa shape index (κ2) is 13.3. The number of primary amides is 1. The second-order valence-corrected chi connectivity index (χ2v) is 12.9. The first-order valence-electron chi connectivity index (χ1n) is 16.2. The third-order valence-electron chi connectivity index (χ3n) is 9.59. The van der Waals surface area contributed by atoms with Gasteiger partial charge in [0.1, 0.15) is 11.7 Å². The smallest absolute Gasteiger partial charge is 0.277 e. The molecule has 1 aromatic heterocycles. The fourth-order valence-corrected chi connectivity index (χ4v) is 7.32. The summed E-state index contributed by atoms with van der Waals surface area (Å²) >= 11 is 5.96. The summed E-state index contributed by atoms with van der Waals surface area (Å²) in [5.74, 6) is -2.08. The van der Waals surface area contributed by atoms with Crippen LogP contribution >= 0.6 is 11.6 Å². The fourth-order valence-electron chi connectivity index (χ4n) is 7.15. The van der Waals surface area contributed by atoms with E-state index in [2.05, 4.69) is 20.5 Å². The molecule has 0 aliphatic carbocycles. The molecule has 2 fully saturated rings. The SMILES string of the molecule is NC(=O)c1ccc(NC(=O)C2c3cccc(N4CCC(N5CCCC5=O)CC4)c3CCN2C(=O)c2cn(-c3cccc(Cl)c3F)nn2)cc1. The number of nitrogens with two attached hydrogens (primary N) is 1. The maximum atomic E-state index is 14.8. The molecule has 0 bridgehead atoms. The molecule has 3 aliphatic rings. The van der Waals surface area contributed by atoms with Crippen molar-refractivity contribution in [3.63, 3.8) is 0 Å². The Labute approximate surface area is 286 Å². The van der Waals surface area contributed by atoms with Crippen LogP contribution in [0.4, 0.5) is 15.8 Å². The van der Waals surface area contributed by atoms with E-state index in [4.69, 9.17) is 17.3 Å². The normalized spacial score (nSPS) is 18.0. The van der Waals surface area contributed by atoms with E-state index in [0.29, 0.717) is 29.7 Å². The zero-order valence-electron chi connectivity index (χ0n) is 26.5. The summed E-state index contributed by atoms with van der Waals surface area (Å²) in [6.07, 6.45) is 5.04. The first kappa shape index (κ1) is 32.3. The van der Waals surface area contributed by atoms with E-state index >= 15 is 0 Å². The molecule has 49 heavy (non-hydrogen) atoms. The van der Waals surface area contributed by atoms with Crippen molar-refractivity contribution in [1.82, 2.24) is 24.8 Å². The Balaban J connectivity index is 1.19. The lowest BCUT2D eigenvalue weighted by Crippen LogP contribution is -2.47. The third-order valence-corrected chi connectivity index (χ3v) is 9.88. The van der Waals surface area contributed by atoms with Crippen LogP contribution in [0.15, 0.2) is 66.9 Å². The van der Waals surface area contributed by atoms with Crippen LogP contribution in [0.2, 0.25) is 5.02 Å². The van der Waals surface area contributed by atoms with Gasteiger partial charge in [-0.25, -0.2) is 9.07 Å². The van der Waals surface area contributed by atoms with Crippen molar-refractivity contribution in [2.24, 2.45) is 5.73 Å². The summed E-state index contributed by atoms with van der Waals surface area (Å²) in [4.78, 5) is 58.0. The Hall–Kier alpha value is -5.30. The van der Waals surface area contributed by atoms with Crippen molar-refractivity contribution in [3.8, 4) is 5.69 Å². The quantitative estimate of drug-likeness (QED) is 0.298. The predicted molar refractivity (Wildman–Crippen MR) is 180 cm³/mol. The number of benzene rings is 3. The van der Waals surface area contributed by atoms with Crippen molar-refractivity contribution in [2.75, 3.05) is 36.4 Å². The summed E-state index contributed by atoms with van der Waals surface area (Å²) in [6.45, 7) is 2.55. The maximum absolute atomic E-state index is 14.8. The zero-order chi connectivity index (χ0) is 34.2. The minimum absolute atomic E-state index is 0.0271. The lowest BCUT2D eigenvalue weighted by atomic mass is 9.89. The van der Waals surface area contributed by atoms with E-state index in [1.807, 2.05) is 23.1 Å². The van der Waals surface area contributed by atoms with Crippen LogP contribution in [-0.2, 0) is 16.0 Å². The van der Waals surface area contributed by atoms with Crippen LogP contribution in [0.3, 0.4) is 0 Å². The van der Waals surface area contributed by atoms with Gasteiger partial charge in [0.15, 0.2) is 11.5 Å². The molecule has 3 N–H and O–H groups in total. The Morgan fingerprint density at radius 2 is 1.65 bits per heavy atom. The zero-order valence-corrected chi connectivity index (χ0v) is 27.3. The van der Waals surface area contributed by atoms with Gasteiger partial charge in [-0.05, 0) is 79.3 Å². The number of nitrogens with one attached hydrogen (secondary N) is 1. The minimum atomic E-state index is -1.04. The molecule has 3 aromatic carbocycles. The van der Waals surface area contributed by atoms with Crippen molar-refractivity contribution in [1.29, 1.82) is 0 Å². The van der Waals surface area contributed by atoms with E-state index in [0.717, 1.165) is 54.8 Å². The number of likely N-dealkylation sites (tertiary alicyclic amines) is 1. The highest BCUT2D eigenvalue weighted by Crippen LogP contribution is 2.38. The first-order valence-corrected chi connectivity index (χ1v) is 16.6. The van der Waals surface area contributed by atoms with Crippen LogP contribution in [0.5, 0.6) is 0 Å². The van der Waals surface area contributed by atoms with Crippen molar-refractivity contribution < 1.29 is 23.6 Å². The number of anilines is 2. The standard InChI is InChI=1S/C35H34ClFN8O4/c36-26-5-2-7-29(31(26)37)45-20-27(40-41-45)35(49)44-19-15-24-25(32(44)34(48)39-22-11-9-21(10-12-22)33(38)47)4-1-6-28(24)42-17-13-23(14-18-42)43-16-3-8-30(43)46/h1-2,4-7,9-12,20,23,32H,3,8,13-19H2,(H2,38,47)(H,39,48). The average Bonchev–Trinajstić information content (AvgIpc) is 3.78. The lowest BCUT2D eigenvalue weighted by Gasteiger charge is -2.41. The molecule has 2 saturated heterocycles. The van der Waals surface area contributed by atoms with Gasteiger partial charge in [0, 0.05) is 55.6 Å². The van der Waals surface area contributed by atoms with E-state index in [9.17, 15) is 23.6 Å². The molecule has 252 valence electrons. The largest absolute Gasteiger partial charge is 0.371 e. The van der Waals surface area contributed by atoms with Crippen molar-refractivity contribution in [3.05, 3.63) is 100 Å². The number of piperidine rings is 1. The fraction of sp³-hybridized carbons (Fsp3) is 0.314. The summed E-state index contributed by atoms with van der Waals surface area (Å²) < 4.78 is 15.9. The number of hydrogen-bond donors (Lipinski definition) is 2.